The van der Waals surface area contributed by atoms with Crippen molar-refractivity contribution in [3.63, 3.8) is 0 Å². The Morgan fingerprint density at radius 2 is 2.20 bits per heavy atom. The lowest BCUT2D eigenvalue weighted by molar-refractivity contribution is 0.795. The predicted octanol–water partition coefficient (Wildman–Crippen LogP) is 3.03. The minimum atomic E-state index is -2.27. The van der Waals surface area contributed by atoms with Gasteiger partial charge in [-0.3, -0.25) is 0 Å². The fraction of sp³-hybridized carbons (Fsp3) is 0.400. The van der Waals surface area contributed by atoms with Crippen molar-refractivity contribution < 1.29 is 8.22 Å². The van der Waals surface area contributed by atoms with E-state index in [0.717, 1.165) is 0 Å². The highest BCUT2D eigenvalue weighted by Gasteiger charge is 1.87. The van der Waals surface area contributed by atoms with Crippen LogP contribution in [-0.2, 0) is 6.37 Å². The van der Waals surface area contributed by atoms with Gasteiger partial charge in [-0.15, -0.1) is 0 Å². The molecule has 0 N–H and O–H groups in total. The molecule has 0 radical (unpaired) electrons. The van der Waals surface area contributed by atoms with Gasteiger partial charge in [0, 0.05) is 8.22 Å². The first-order valence-electron chi connectivity index (χ1n) is 6.29. The van der Waals surface area contributed by atoms with Crippen molar-refractivity contribution in [1.29, 1.82) is 0 Å². The van der Waals surface area contributed by atoms with Gasteiger partial charge in [-0.1, -0.05) is 43.6 Å². The van der Waals surface area contributed by atoms with Crippen molar-refractivity contribution in [3.05, 3.63) is 35.9 Å². The van der Waals surface area contributed by atoms with Crippen molar-refractivity contribution in [2.45, 2.75) is 26.0 Å². The molecule has 1 aromatic carbocycles. The summed E-state index contributed by atoms with van der Waals surface area (Å²) in [5, 5.41) is 0. The van der Waals surface area contributed by atoms with Crippen LogP contribution in [0.15, 0.2) is 30.3 Å². The molecule has 0 aliphatic heterocycles. The minimum absolute atomic E-state index is 0.347. The number of hydrogen-bond acceptors (Lipinski definition) is 0. The molecular weight excluding hydrogens is 120 g/mol. The zero-order valence-corrected chi connectivity index (χ0v) is 5.67. The summed E-state index contributed by atoms with van der Waals surface area (Å²) in [6.07, 6.45) is -3.67. The van der Waals surface area contributed by atoms with Gasteiger partial charge in [0.25, 0.3) is 0 Å². The third kappa shape index (κ3) is 2.22. The Hall–Kier alpha value is -0.780. The topological polar surface area (TPSA) is 0 Å². The lowest BCUT2D eigenvalue weighted by Gasteiger charge is -1.96. The normalized spacial score (nSPS) is 24.4. The number of hydrogen-bond donors (Lipinski definition) is 0. The average molecular weight is 140 g/mol. The third-order valence-electron chi connectivity index (χ3n) is 1.14. The fourth-order valence-corrected chi connectivity index (χ4v) is 0.703. The van der Waals surface area contributed by atoms with Gasteiger partial charge in [0.2, 0.25) is 0 Å². The van der Waals surface area contributed by atoms with Crippen molar-refractivity contribution in [2.75, 3.05) is 0 Å². The monoisotopic (exact) mass is 140 g/mol. The van der Waals surface area contributed by atoms with Gasteiger partial charge in [0.05, 0.1) is 0 Å². The van der Waals surface area contributed by atoms with Gasteiger partial charge < -0.3 is 0 Å². The summed E-state index contributed by atoms with van der Waals surface area (Å²) in [4.78, 5) is 0. The zero-order valence-electron chi connectivity index (χ0n) is 11.7. The molecule has 1 atom stereocenters. The van der Waals surface area contributed by atoms with Gasteiger partial charge in [0.1, 0.15) is 0 Å². The summed E-state index contributed by atoms with van der Waals surface area (Å²) < 4.78 is 44.4. The lowest BCUT2D eigenvalue weighted by atomic mass is 10.1. The first kappa shape index (κ1) is 2.69. The predicted molar refractivity (Wildman–Crippen MR) is 45.1 cm³/mol. The molecule has 0 heterocycles. The van der Waals surface area contributed by atoms with Crippen LogP contribution in [0.4, 0.5) is 0 Å². The van der Waals surface area contributed by atoms with Crippen LogP contribution < -0.4 is 0 Å². The highest BCUT2D eigenvalue weighted by Crippen LogP contribution is 2.03. The molecule has 0 spiro atoms. The van der Waals surface area contributed by atoms with Crippen LogP contribution in [0.3, 0.4) is 0 Å². The van der Waals surface area contributed by atoms with E-state index in [1.165, 1.54) is 0 Å². The molecule has 0 aliphatic carbocycles. The van der Waals surface area contributed by atoms with E-state index in [9.17, 15) is 0 Å². The van der Waals surface area contributed by atoms with E-state index in [4.69, 9.17) is 8.22 Å². The van der Waals surface area contributed by atoms with Crippen molar-refractivity contribution in [2.24, 2.45) is 0 Å². The molecule has 1 unspecified atom stereocenters. The van der Waals surface area contributed by atoms with Crippen LogP contribution in [0.25, 0.3) is 0 Å². The maximum absolute atomic E-state index is 7.78. The molecule has 54 valence electrons. The number of rotatable bonds is 3. The highest BCUT2D eigenvalue weighted by atomic mass is 13.9. The Balaban J connectivity index is 2.86. The number of benzene rings is 1. The van der Waals surface area contributed by atoms with Gasteiger partial charge in [-0.25, -0.2) is 0 Å². The molecule has 0 heteroatoms. The van der Waals surface area contributed by atoms with Gasteiger partial charge in [0.15, 0.2) is 0 Å². The van der Waals surface area contributed by atoms with E-state index in [1.807, 2.05) is 0 Å². The van der Waals surface area contributed by atoms with Crippen LogP contribution in [0.5, 0.6) is 0 Å². The van der Waals surface area contributed by atoms with E-state index in [0.29, 0.717) is 5.56 Å². The standard InChI is InChI=1S/C10H14/c1-2-3-7-10-8-5-4-6-9-10/h4-6,8-9H,2-3,7H2,1H3/i1D3,3D,7D2. The molecule has 0 aromatic heterocycles. The summed E-state index contributed by atoms with van der Waals surface area (Å²) in [6.45, 7) is -2.27. The van der Waals surface area contributed by atoms with Gasteiger partial charge >= 0.3 is 0 Å². The Morgan fingerprint density at radius 1 is 1.40 bits per heavy atom. The van der Waals surface area contributed by atoms with Crippen LogP contribution in [0.1, 0.15) is 33.5 Å². The first-order valence-corrected chi connectivity index (χ1v) is 3.21. The van der Waals surface area contributed by atoms with Gasteiger partial charge in [-0.05, 0) is 18.3 Å². The maximum atomic E-state index is 7.78. The Morgan fingerprint density at radius 3 is 2.90 bits per heavy atom. The molecule has 0 fully saturated rings. The maximum Gasteiger partial charge on any atom is 0.0316 e. The zero-order chi connectivity index (χ0) is 12.4. The molecule has 0 nitrogen and oxygen atoms in total. The second kappa shape index (κ2) is 4.10. The van der Waals surface area contributed by atoms with Crippen molar-refractivity contribution in [3.8, 4) is 0 Å². The molecule has 1 aromatic rings. The van der Waals surface area contributed by atoms with Crippen molar-refractivity contribution >= 4 is 0 Å². The highest BCUT2D eigenvalue weighted by molar-refractivity contribution is 5.14. The Bertz CT molecular complexity index is 329. The minimum Gasteiger partial charge on any atom is -0.0654 e. The smallest absolute Gasteiger partial charge is 0.0316 e. The Kier molecular flexibility index (Phi) is 1.10. The number of aryl methyl sites for hydroxylation is 1. The van der Waals surface area contributed by atoms with Crippen LogP contribution in [0.2, 0.25) is 0 Å². The summed E-state index contributed by atoms with van der Waals surface area (Å²) >= 11 is 0. The molecule has 0 aliphatic rings. The first-order chi connectivity index (χ1) is 7.23. The largest absolute Gasteiger partial charge is 0.0654 e. The third-order valence-corrected chi connectivity index (χ3v) is 1.14. The van der Waals surface area contributed by atoms with Crippen LogP contribution >= 0.6 is 0 Å². The molecule has 0 saturated carbocycles. The molecule has 0 amide bonds. The summed E-state index contributed by atoms with van der Waals surface area (Å²) in [5.41, 5.74) is 0.347. The summed E-state index contributed by atoms with van der Waals surface area (Å²) in [5.74, 6) is 0. The molecule has 10 heavy (non-hydrogen) atoms. The van der Waals surface area contributed by atoms with Crippen LogP contribution in [0, 0.1) is 0 Å². The lowest BCUT2D eigenvalue weighted by Crippen LogP contribution is -1.81. The van der Waals surface area contributed by atoms with Gasteiger partial charge in [-0.2, -0.15) is 0 Å². The van der Waals surface area contributed by atoms with E-state index in [1.54, 1.807) is 30.3 Å². The summed E-state index contributed by atoms with van der Waals surface area (Å²) in [7, 11) is 0. The second-order valence-corrected chi connectivity index (χ2v) is 1.92. The van der Waals surface area contributed by atoms with E-state index in [2.05, 4.69) is 0 Å². The van der Waals surface area contributed by atoms with E-state index >= 15 is 0 Å². The van der Waals surface area contributed by atoms with Crippen molar-refractivity contribution in [1.82, 2.24) is 0 Å². The SMILES string of the molecule is [2H]C(CC([2H])([2H])[2H])C([2H])([2H])c1ccccc1. The Labute approximate surface area is 71.3 Å². The summed E-state index contributed by atoms with van der Waals surface area (Å²) in [6, 6.07) is 8.24. The second-order valence-electron chi connectivity index (χ2n) is 1.92. The molecular formula is C10H14. The average Bonchev–Trinajstić information content (AvgIpc) is 2.16. The molecule has 1 rings (SSSR count). The quantitative estimate of drug-likeness (QED) is 0.605. The van der Waals surface area contributed by atoms with E-state index in [-0.39, 0.29) is 0 Å². The molecule has 0 bridgehead atoms. The van der Waals surface area contributed by atoms with Crippen LogP contribution in [-0.4, -0.2) is 0 Å². The fourth-order valence-electron chi connectivity index (χ4n) is 0.703. The molecule has 0 saturated heterocycles. The van der Waals surface area contributed by atoms with E-state index < -0.39 is 26.0 Å².